The molecule has 43 heavy (non-hydrogen) atoms. The van der Waals surface area contributed by atoms with Gasteiger partial charge in [-0.2, -0.15) is 0 Å². The molecule has 11 heteroatoms. The van der Waals surface area contributed by atoms with E-state index in [1.807, 2.05) is 27.7 Å². The minimum absolute atomic E-state index is 0.157. The van der Waals surface area contributed by atoms with Gasteiger partial charge in [-0.15, -0.1) is 11.3 Å². The Morgan fingerprint density at radius 3 is 1.86 bits per heavy atom. The first-order valence-corrected chi connectivity index (χ1v) is 15.9. The molecule has 0 bridgehead atoms. The lowest BCUT2D eigenvalue weighted by Crippen LogP contribution is -2.39. The molecule has 0 aliphatic heterocycles. The quantitative estimate of drug-likeness (QED) is 0.115. The van der Waals surface area contributed by atoms with Crippen LogP contribution in [0.5, 0.6) is 0 Å². The maximum Gasteiger partial charge on any atom is 0.303 e. The van der Waals surface area contributed by atoms with Crippen molar-refractivity contribution < 1.29 is 28.7 Å². The number of thiazole rings is 1. The number of methoxy groups -OCH3 is 1. The Morgan fingerprint density at radius 1 is 0.907 bits per heavy atom. The molecular formula is C32H56N4O6S. The van der Waals surface area contributed by atoms with Crippen LogP contribution in [0.1, 0.15) is 116 Å². The van der Waals surface area contributed by atoms with E-state index in [2.05, 4.69) is 54.9 Å². The Labute approximate surface area is 263 Å². The first-order chi connectivity index (χ1) is 20.1. The highest BCUT2D eigenvalue weighted by Crippen LogP contribution is 2.18. The molecule has 0 saturated carbocycles. The van der Waals surface area contributed by atoms with Crippen molar-refractivity contribution in [3.63, 3.8) is 0 Å². The number of rotatable bonds is 16. The molecule has 3 amide bonds. The molecule has 1 rings (SSSR count). The molecule has 0 aliphatic carbocycles. The van der Waals surface area contributed by atoms with Crippen molar-refractivity contribution in [2.75, 3.05) is 20.3 Å². The molecule has 0 fully saturated rings. The minimum Gasteiger partial charge on any atom is -0.460 e. The third-order valence-electron chi connectivity index (χ3n) is 5.46. The number of nitrogens with one attached hydrogen (secondary N) is 3. The molecular weight excluding hydrogens is 568 g/mol. The molecule has 0 spiro atoms. The van der Waals surface area contributed by atoms with Gasteiger partial charge < -0.3 is 25.4 Å². The lowest BCUT2D eigenvalue weighted by Gasteiger charge is -2.17. The molecule has 0 radical (unpaired) electrons. The second kappa shape index (κ2) is 24.4. The van der Waals surface area contributed by atoms with Crippen LogP contribution in [0.15, 0.2) is 29.9 Å². The second-order valence-corrected chi connectivity index (χ2v) is 11.9. The van der Waals surface area contributed by atoms with Crippen molar-refractivity contribution in [3.05, 3.63) is 40.6 Å². The predicted octanol–water partition coefficient (Wildman–Crippen LogP) is 6.08. The number of hydrogen-bond donors (Lipinski definition) is 3. The van der Waals surface area contributed by atoms with Crippen molar-refractivity contribution >= 4 is 35.0 Å². The fourth-order valence-electron chi connectivity index (χ4n) is 3.73. The van der Waals surface area contributed by atoms with Crippen molar-refractivity contribution in [2.45, 2.75) is 112 Å². The Hall–Kier alpha value is -3.05. The summed E-state index contributed by atoms with van der Waals surface area (Å²) >= 11 is 1.38. The first kappa shape index (κ1) is 42.1. The first-order valence-electron chi connectivity index (χ1n) is 15.1. The highest BCUT2D eigenvalue weighted by atomic mass is 32.1. The minimum atomic E-state index is -0.732. The number of hydrogen-bond acceptors (Lipinski definition) is 8. The molecule has 1 aromatic rings. The van der Waals surface area contributed by atoms with E-state index in [-0.39, 0.29) is 35.2 Å². The summed E-state index contributed by atoms with van der Waals surface area (Å²) in [6.45, 7) is 23.4. The van der Waals surface area contributed by atoms with E-state index in [0.29, 0.717) is 6.61 Å². The highest BCUT2D eigenvalue weighted by molar-refractivity contribution is 7.09. The van der Waals surface area contributed by atoms with Crippen LogP contribution in [0, 0.1) is 5.92 Å². The van der Waals surface area contributed by atoms with Crippen molar-refractivity contribution in [1.29, 1.82) is 0 Å². The van der Waals surface area contributed by atoms with Gasteiger partial charge in [-0.3, -0.25) is 19.2 Å². The highest BCUT2D eigenvalue weighted by Gasteiger charge is 2.17. The van der Waals surface area contributed by atoms with Gasteiger partial charge in [0.2, 0.25) is 0 Å². The van der Waals surface area contributed by atoms with E-state index in [0.717, 1.165) is 23.8 Å². The van der Waals surface area contributed by atoms with Gasteiger partial charge >= 0.3 is 5.97 Å². The summed E-state index contributed by atoms with van der Waals surface area (Å²) in [5, 5.41) is 9.60. The predicted molar refractivity (Wildman–Crippen MR) is 175 cm³/mol. The summed E-state index contributed by atoms with van der Waals surface area (Å²) in [6, 6.07) is 0. The van der Waals surface area contributed by atoms with E-state index in [9.17, 15) is 19.2 Å². The second-order valence-electron chi connectivity index (χ2n) is 10.9. The Morgan fingerprint density at radius 2 is 1.44 bits per heavy atom. The smallest absolute Gasteiger partial charge is 0.303 e. The van der Waals surface area contributed by atoms with Crippen LogP contribution in [-0.2, 0) is 30.3 Å². The van der Waals surface area contributed by atoms with E-state index in [1.165, 1.54) is 63.9 Å². The normalized spacial score (nSPS) is 10.4. The summed E-state index contributed by atoms with van der Waals surface area (Å²) in [5.41, 5.74) is -0.471. The molecule has 1 aromatic heterocycles. The van der Waals surface area contributed by atoms with Gasteiger partial charge in [-0.1, -0.05) is 79.4 Å². The van der Waals surface area contributed by atoms with Gasteiger partial charge in [0.05, 0.1) is 23.0 Å². The lowest BCUT2D eigenvalue weighted by molar-refractivity contribution is -0.151. The van der Waals surface area contributed by atoms with Crippen molar-refractivity contribution in [1.82, 2.24) is 20.9 Å². The monoisotopic (exact) mass is 624 g/mol. The van der Waals surface area contributed by atoms with Crippen LogP contribution in [0.3, 0.4) is 0 Å². The Balaban J connectivity index is 0. The van der Waals surface area contributed by atoms with Crippen molar-refractivity contribution in [2.24, 2.45) is 5.92 Å². The number of carbonyl (C=O) groups is 4. The van der Waals surface area contributed by atoms with E-state index < -0.39 is 17.7 Å². The van der Waals surface area contributed by atoms with E-state index >= 15 is 0 Å². The molecule has 1 heterocycles. The van der Waals surface area contributed by atoms with Crippen LogP contribution in [-0.4, -0.2) is 54.5 Å². The summed E-state index contributed by atoms with van der Waals surface area (Å²) in [6.07, 6.45) is 10.2. The summed E-state index contributed by atoms with van der Waals surface area (Å²) < 4.78 is 9.59. The maximum atomic E-state index is 12.0. The fraction of sp³-hybridized carbons (Fsp3) is 0.656. The van der Waals surface area contributed by atoms with Crippen LogP contribution in [0.4, 0.5) is 0 Å². The van der Waals surface area contributed by atoms with E-state index in [4.69, 9.17) is 9.47 Å². The molecule has 0 aliphatic rings. The fourth-order valence-corrected chi connectivity index (χ4v) is 4.61. The number of ether oxygens (including phenoxy) is 2. The van der Waals surface area contributed by atoms with Crippen molar-refractivity contribution in [3.8, 4) is 0 Å². The zero-order chi connectivity index (χ0) is 33.4. The number of carbonyl (C=O) groups excluding carboxylic acids is 4. The number of amides is 3. The molecule has 0 unspecified atom stereocenters. The van der Waals surface area contributed by atoms with Gasteiger partial charge in [0.15, 0.2) is 0 Å². The summed E-state index contributed by atoms with van der Waals surface area (Å²) in [4.78, 5) is 50.1. The Kier molecular flexibility index (Phi) is 23.9. The number of esters is 1. The van der Waals surface area contributed by atoms with Crippen LogP contribution >= 0.6 is 11.3 Å². The van der Waals surface area contributed by atoms with Gasteiger partial charge in [0.1, 0.15) is 11.3 Å². The molecule has 0 aromatic carbocycles. The maximum absolute atomic E-state index is 12.0. The number of nitrogens with zero attached hydrogens (tertiary/aromatic N) is 1. The third kappa shape index (κ3) is 23.1. The van der Waals surface area contributed by atoms with Crippen LogP contribution < -0.4 is 16.0 Å². The van der Waals surface area contributed by atoms with E-state index in [1.54, 1.807) is 5.38 Å². The molecule has 246 valence electrons. The average Bonchev–Trinajstić information content (AvgIpc) is 3.37. The zero-order valence-corrected chi connectivity index (χ0v) is 28.8. The summed E-state index contributed by atoms with van der Waals surface area (Å²) in [5.74, 6) is -1.01. The zero-order valence-electron chi connectivity index (χ0n) is 27.9. The summed E-state index contributed by atoms with van der Waals surface area (Å²) in [7, 11) is 1.50. The topological polar surface area (TPSA) is 136 Å². The van der Waals surface area contributed by atoms with Crippen LogP contribution in [0.2, 0.25) is 0 Å². The molecule has 3 N–H and O–H groups in total. The Bertz CT molecular complexity index is 986. The van der Waals surface area contributed by atoms with Gasteiger partial charge in [0, 0.05) is 26.0 Å². The average molecular weight is 625 g/mol. The largest absolute Gasteiger partial charge is 0.460 e. The lowest BCUT2D eigenvalue weighted by atomic mass is 9.94. The SMILES string of the molecule is C=C(NC(=O)C(=C)NC(=O)c1csc(CCC)n1)C(=O)NCCOC.CC(=O)OC(C)(C)C.CCCC(CCC)CCC. The van der Waals surface area contributed by atoms with Gasteiger partial charge in [0.25, 0.3) is 17.7 Å². The number of aromatic nitrogens is 1. The molecule has 0 saturated heterocycles. The number of aryl methyl sites for hydroxylation is 1. The van der Waals surface area contributed by atoms with Crippen LogP contribution in [0.25, 0.3) is 0 Å². The molecule has 10 nitrogen and oxygen atoms in total. The molecule has 0 atom stereocenters. The van der Waals surface area contributed by atoms with Gasteiger partial charge in [-0.05, 0) is 39.5 Å². The van der Waals surface area contributed by atoms with Gasteiger partial charge in [-0.25, -0.2) is 4.98 Å². The third-order valence-corrected chi connectivity index (χ3v) is 6.37. The standard InChI is InChI=1S/C16H22N4O4S.C10H22.C6H12O2/c1-5-6-13-20-12(9-25-13)16(23)19-11(3)15(22)18-10(2)14(21)17-7-8-24-4;1-4-7-10(8-5-2)9-6-3;1-5(7)8-6(2,3)4/h9H,2-3,5-8H2,1,4H3,(H,17,21)(H,18,22)(H,19,23);10H,4-9H2,1-3H3;1-4H3.